The fourth-order valence-corrected chi connectivity index (χ4v) is 6.34. The lowest BCUT2D eigenvalue weighted by Gasteiger charge is -2.26. The molecule has 2 aromatic carbocycles. The van der Waals surface area contributed by atoms with Gasteiger partial charge >= 0.3 is 6.18 Å². The van der Waals surface area contributed by atoms with Crippen LogP contribution in [0.3, 0.4) is 0 Å². The van der Waals surface area contributed by atoms with Crippen molar-refractivity contribution in [2.75, 3.05) is 24.6 Å². The summed E-state index contributed by atoms with van der Waals surface area (Å²) in [6.45, 7) is -0.356. The van der Waals surface area contributed by atoms with Gasteiger partial charge in [0.2, 0.25) is 10.0 Å². The van der Waals surface area contributed by atoms with Crippen LogP contribution in [0.2, 0.25) is 5.02 Å². The predicted molar refractivity (Wildman–Crippen MR) is 109 cm³/mol. The first-order valence-electron chi connectivity index (χ1n) is 8.40. The van der Waals surface area contributed by atoms with E-state index in [9.17, 15) is 30.0 Å². The summed E-state index contributed by atoms with van der Waals surface area (Å²) in [6, 6.07) is 6.72. The summed E-state index contributed by atoms with van der Waals surface area (Å²) in [7, 11) is -7.26. The van der Waals surface area contributed by atoms with Crippen molar-refractivity contribution < 1.29 is 30.0 Å². The Balaban J connectivity index is 2.00. The second kappa shape index (κ2) is 8.15. The smallest absolute Gasteiger partial charge is 0.229 e. The molecule has 0 atom stereocenters. The molecule has 0 spiro atoms. The van der Waals surface area contributed by atoms with Gasteiger partial charge in [0.05, 0.1) is 32.7 Å². The molecule has 13 heteroatoms. The Bertz CT molecular complexity index is 1180. The van der Waals surface area contributed by atoms with Gasteiger partial charge in [-0.2, -0.15) is 21.8 Å². The minimum absolute atomic E-state index is 0.0587. The number of rotatable bonds is 4. The number of nitrogens with zero attached hydrogens (tertiary/aromatic N) is 2. The number of benzene rings is 2. The summed E-state index contributed by atoms with van der Waals surface area (Å²) >= 11 is 10.5. The highest BCUT2D eigenvalue weighted by atomic mass is 35.5. The Morgan fingerprint density at radius 3 is 2.13 bits per heavy atom. The Morgan fingerprint density at radius 1 is 1.07 bits per heavy atom. The van der Waals surface area contributed by atoms with Crippen LogP contribution in [0.4, 0.5) is 18.9 Å². The third kappa shape index (κ3) is 4.67. The van der Waals surface area contributed by atoms with E-state index in [4.69, 9.17) is 11.6 Å². The molecule has 6 nitrogen and oxygen atoms in total. The second-order valence-electron chi connectivity index (χ2n) is 6.52. The summed E-state index contributed by atoms with van der Waals surface area (Å²) in [5.74, 6) is -0.565. The minimum atomic E-state index is -4.74. The van der Waals surface area contributed by atoms with E-state index in [1.165, 1.54) is 18.2 Å². The van der Waals surface area contributed by atoms with Crippen LogP contribution in [-0.4, -0.2) is 45.7 Å². The maximum atomic E-state index is 13.5. The van der Waals surface area contributed by atoms with Gasteiger partial charge in [-0.05, 0) is 29.8 Å². The number of alkyl halides is 3. The molecule has 1 saturated heterocycles. The summed E-state index contributed by atoms with van der Waals surface area (Å²) in [5.41, 5.74) is -1.43. The topological polar surface area (TPSA) is 83.9 Å². The fourth-order valence-electron chi connectivity index (χ4n) is 3.04. The first-order chi connectivity index (χ1) is 13.8. The largest absolute Gasteiger partial charge is 0.417 e. The summed E-state index contributed by atoms with van der Waals surface area (Å²) in [6.07, 6.45) is -4.74. The lowest BCUT2D eigenvalue weighted by Crippen LogP contribution is -2.43. The van der Waals surface area contributed by atoms with Crippen LogP contribution in [0.5, 0.6) is 0 Å². The number of hydrogen-bond acceptors (Lipinski definition) is 6. The zero-order chi connectivity index (χ0) is 22.3. The summed E-state index contributed by atoms with van der Waals surface area (Å²) in [4.78, 5) is -0.160. The van der Waals surface area contributed by atoms with E-state index in [-0.39, 0.29) is 51.3 Å². The van der Waals surface area contributed by atoms with E-state index >= 15 is 0 Å². The molecule has 0 amide bonds. The van der Waals surface area contributed by atoms with Gasteiger partial charge in [-0.3, -0.25) is 0 Å². The normalized spacial score (nSPS) is 17.6. The highest BCUT2D eigenvalue weighted by molar-refractivity contribution is 7.92. The van der Waals surface area contributed by atoms with E-state index in [1.807, 2.05) is 0 Å². The average molecular weight is 499 g/mol. The van der Waals surface area contributed by atoms with E-state index in [1.54, 1.807) is 0 Å². The molecule has 0 saturated carbocycles. The third-order valence-electron chi connectivity index (χ3n) is 4.57. The lowest BCUT2D eigenvalue weighted by molar-refractivity contribution is -0.137. The Morgan fingerprint density at radius 2 is 1.63 bits per heavy atom. The number of hydrogen-bond donors (Lipinski definition) is 0. The first-order valence-corrected chi connectivity index (χ1v) is 12.4. The monoisotopic (exact) mass is 498 g/mol. The van der Waals surface area contributed by atoms with Crippen LogP contribution in [-0.2, 0) is 38.5 Å². The van der Waals surface area contributed by atoms with Crippen LogP contribution >= 0.6 is 11.6 Å². The SMILES string of the molecule is O=S1(=O)CCN(S(=O)(=O)c2ccc(-c3c(Cl)cc(N=S)cc3C(F)(F)F)cc2)CC1. The molecule has 0 bridgehead atoms. The van der Waals surface area contributed by atoms with E-state index in [0.29, 0.717) is 0 Å². The molecule has 0 radical (unpaired) electrons. The molecular formula is C17H14ClF3N2O4S3. The Hall–Kier alpha value is -1.60. The van der Waals surface area contributed by atoms with Gasteiger partial charge in [-0.25, -0.2) is 16.8 Å². The predicted octanol–water partition coefficient (Wildman–Crippen LogP) is 3.81. The molecular weight excluding hydrogens is 485 g/mol. The van der Waals surface area contributed by atoms with Crippen LogP contribution < -0.4 is 0 Å². The quantitative estimate of drug-likeness (QED) is 0.640. The number of sulfone groups is 1. The molecule has 1 fully saturated rings. The van der Waals surface area contributed by atoms with Crippen molar-refractivity contribution in [1.82, 2.24) is 4.31 Å². The summed E-state index contributed by atoms with van der Waals surface area (Å²) in [5, 5.41) is -0.231. The van der Waals surface area contributed by atoms with E-state index in [2.05, 4.69) is 16.8 Å². The fraction of sp³-hybridized carbons (Fsp3) is 0.294. The van der Waals surface area contributed by atoms with Crippen molar-refractivity contribution in [3.63, 3.8) is 0 Å². The first kappa shape index (κ1) is 23.1. The number of sulfonamides is 1. The van der Waals surface area contributed by atoms with E-state index < -0.39 is 31.6 Å². The Labute approximate surface area is 181 Å². The van der Waals surface area contributed by atoms with Crippen LogP contribution in [0.25, 0.3) is 11.1 Å². The zero-order valence-corrected chi connectivity index (χ0v) is 18.3. The molecule has 30 heavy (non-hydrogen) atoms. The molecule has 0 N–H and O–H groups in total. The highest BCUT2D eigenvalue weighted by Crippen LogP contribution is 2.43. The average Bonchev–Trinajstić information content (AvgIpc) is 2.66. The Kier molecular flexibility index (Phi) is 6.27. The molecule has 0 aliphatic carbocycles. The van der Waals surface area contributed by atoms with Crippen molar-refractivity contribution in [1.29, 1.82) is 0 Å². The van der Waals surface area contributed by atoms with Crippen molar-refractivity contribution in [2.24, 2.45) is 4.36 Å². The van der Waals surface area contributed by atoms with Crippen LogP contribution in [0.1, 0.15) is 5.56 Å². The van der Waals surface area contributed by atoms with E-state index in [0.717, 1.165) is 22.5 Å². The van der Waals surface area contributed by atoms with Gasteiger partial charge in [-0.1, -0.05) is 23.7 Å². The molecule has 0 aromatic heterocycles. The summed E-state index contributed by atoms with van der Waals surface area (Å²) < 4.78 is 93.4. The molecule has 3 rings (SSSR count). The van der Waals surface area contributed by atoms with Crippen molar-refractivity contribution in [3.05, 3.63) is 47.0 Å². The third-order valence-corrected chi connectivity index (χ3v) is 8.60. The van der Waals surface area contributed by atoms with Crippen molar-refractivity contribution in [3.8, 4) is 11.1 Å². The van der Waals surface area contributed by atoms with Gasteiger partial charge in [0.25, 0.3) is 0 Å². The van der Waals surface area contributed by atoms with Gasteiger partial charge < -0.3 is 0 Å². The highest BCUT2D eigenvalue weighted by Gasteiger charge is 2.36. The maximum Gasteiger partial charge on any atom is 0.417 e. The van der Waals surface area contributed by atoms with Crippen molar-refractivity contribution >= 4 is 49.6 Å². The lowest BCUT2D eigenvalue weighted by atomic mass is 9.98. The molecule has 0 unspecified atom stereocenters. The molecule has 2 aromatic rings. The molecule has 162 valence electrons. The number of halogens is 4. The molecule has 1 aliphatic rings. The minimum Gasteiger partial charge on any atom is -0.229 e. The van der Waals surface area contributed by atoms with Gasteiger partial charge in [0.15, 0.2) is 9.84 Å². The molecule has 1 heterocycles. The zero-order valence-electron chi connectivity index (χ0n) is 15.1. The van der Waals surface area contributed by atoms with Gasteiger partial charge in [-0.15, -0.1) is 0 Å². The van der Waals surface area contributed by atoms with Gasteiger partial charge in [0.1, 0.15) is 0 Å². The van der Waals surface area contributed by atoms with Crippen LogP contribution in [0.15, 0.2) is 45.7 Å². The van der Waals surface area contributed by atoms with Crippen molar-refractivity contribution in [2.45, 2.75) is 11.1 Å². The molecule has 1 aliphatic heterocycles. The maximum absolute atomic E-state index is 13.5. The standard InChI is InChI=1S/C17H14ClF3N2O4S3/c18-15-10-12(22-28)9-14(17(19,20)21)16(15)11-1-3-13(4-2-11)30(26,27)23-5-7-29(24,25)8-6-23/h1-4,9-10H,5-8H2. The van der Waals surface area contributed by atoms with Gasteiger partial charge in [0, 0.05) is 31.1 Å². The van der Waals surface area contributed by atoms with Crippen LogP contribution in [0, 0.1) is 0 Å². The second-order valence-corrected chi connectivity index (χ2v) is 11.4.